The number of nitrogens with two attached hydrogens (primary N) is 1. The second-order valence-electron chi connectivity index (χ2n) is 4.73. The lowest BCUT2D eigenvalue weighted by molar-refractivity contribution is 0.198. The van der Waals surface area contributed by atoms with Crippen LogP contribution in [0.1, 0.15) is 32.3 Å². The Kier molecular flexibility index (Phi) is 3.64. The van der Waals surface area contributed by atoms with Crippen LogP contribution in [0.3, 0.4) is 0 Å². The van der Waals surface area contributed by atoms with Crippen molar-refractivity contribution in [3.8, 4) is 0 Å². The summed E-state index contributed by atoms with van der Waals surface area (Å²) in [5.74, 6) is 0.146. The standard InChI is InChI=1S/C13H18N2O3S/c1-3-13(14,4-2)9-18-12-10-7-5-6-8-11(10)19(16,17)15-12/h5-8H,3-4,9,14H2,1-2H3. The van der Waals surface area contributed by atoms with Crippen LogP contribution >= 0.6 is 0 Å². The minimum absolute atomic E-state index is 0.146. The Labute approximate surface area is 113 Å². The Hall–Kier alpha value is -1.40. The predicted molar refractivity (Wildman–Crippen MR) is 73.6 cm³/mol. The molecule has 0 amide bonds. The van der Waals surface area contributed by atoms with Gasteiger partial charge in [0.25, 0.3) is 10.0 Å². The third kappa shape index (κ3) is 2.64. The van der Waals surface area contributed by atoms with Crippen molar-refractivity contribution in [1.82, 2.24) is 0 Å². The molecule has 104 valence electrons. The molecule has 0 atom stereocenters. The largest absolute Gasteiger partial charge is 0.475 e. The molecule has 1 aliphatic rings. The lowest BCUT2D eigenvalue weighted by Gasteiger charge is -2.26. The van der Waals surface area contributed by atoms with E-state index < -0.39 is 15.6 Å². The van der Waals surface area contributed by atoms with E-state index in [2.05, 4.69) is 4.40 Å². The summed E-state index contributed by atoms with van der Waals surface area (Å²) in [7, 11) is -3.61. The fraction of sp³-hybridized carbons (Fsp3) is 0.462. The molecular weight excluding hydrogens is 264 g/mol. The van der Waals surface area contributed by atoms with Crippen LogP contribution < -0.4 is 5.73 Å². The molecule has 0 fully saturated rings. The fourth-order valence-electron chi connectivity index (χ4n) is 1.85. The summed E-state index contributed by atoms with van der Waals surface area (Å²) in [6.07, 6.45) is 1.51. The van der Waals surface area contributed by atoms with Gasteiger partial charge in [0.05, 0.1) is 5.56 Å². The molecule has 0 bridgehead atoms. The highest BCUT2D eigenvalue weighted by Gasteiger charge is 2.31. The normalized spacial score (nSPS) is 16.9. The Morgan fingerprint density at radius 3 is 2.53 bits per heavy atom. The van der Waals surface area contributed by atoms with Crippen LogP contribution in [0.15, 0.2) is 33.6 Å². The van der Waals surface area contributed by atoms with Gasteiger partial charge in [-0.15, -0.1) is 4.40 Å². The van der Waals surface area contributed by atoms with Crippen molar-refractivity contribution in [2.45, 2.75) is 37.1 Å². The number of ether oxygens (including phenoxy) is 1. The lowest BCUT2D eigenvalue weighted by Crippen LogP contribution is -2.43. The van der Waals surface area contributed by atoms with E-state index in [0.717, 1.165) is 12.8 Å². The predicted octanol–water partition coefficient (Wildman–Crippen LogP) is 1.67. The zero-order chi connectivity index (χ0) is 14.1. The number of nitrogens with zero attached hydrogens (tertiary/aromatic N) is 1. The van der Waals surface area contributed by atoms with E-state index in [1.807, 2.05) is 13.8 Å². The Morgan fingerprint density at radius 1 is 1.26 bits per heavy atom. The highest BCUT2D eigenvalue weighted by Crippen LogP contribution is 2.27. The molecule has 0 aliphatic carbocycles. The zero-order valence-corrected chi connectivity index (χ0v) is 11.9. The Bertz CT molecular complexity index is 604. The third-order valence-corrected chi connectivity index (χ3v) is 4.82. The second kappa shape index (κ2) is 4.94. The average molecular weight is 282 g/mol. The second-order valence-corrected chi connectivity index (χ2v) is 6.30. The van der Waals surface area contributed by atoms with Crippen molar-refractivity contribution in [3.63, 3.8) is 0 Å². The highest BCUT2D eigenvalue weighted by atomic mass is 32.2. The van der Waals surface area contributed by atoms with Crippen LogP contribution in [0, 0.1) is 0 Å². The zero-order valence-electron chi connectivity index (χ0n) is 11.1. The maximum absolute atomic E-state index is 11.8. The van der Waals surface area contributed by atoms with Crippen LogP contribution in [0.25, 0.3) is 0 Å². The maximum Gasteiger partial charge on any atom is 0.286 e. The lowest BCUT2D eigenvalue weighted by atomic mass is 9.96. The number of hydrogen-bond donors (Lipinski definition) is 1. The van der Waals surface area contributed by atoms with E-state index in [-0.39, 0.29) is 17.4 Å². The van der Waals surface area contributed by atoms with Gasteiger partial charge in [-0.25, -0.2) is 0 Å². The quantitative estimate of drug-likeness (QED) is 0.910. The summed E-state index contributed by atoms with van der Waals surface area (Å²) in [5, 5.41) is 0. The van der Waals surface area contributed by atoms with E-state index in [1.54, 1.807) is 18.2 Å². The first-order valence-electron chi connectivity index (χ1n) is 6.28. The SMILES string of the molecule is CCC(N)(CC)COC1=NS(=O)(=O)c2ccccc21. The molecule has 0 unspecified atom stereocenters. The van der Waals surface area contributed by atoms with E-state index in [1.165, 1.54) is 6.07 Å². The maximum atomic E-state index is 11.8. The number of sulfonamides is 1. The minimum atomic E-state index is -3.61. The van der Waals surface area contributed by atoms with Crippen molar-refractivity contribution in [2.24, 2.45) is 10.1 Å². The fourth-order valence-corrected chi connectivity index (χ4v) is 3.00. The first kappa shape index (κ1) is 14.0. The summed E-state index contributed by atoms with van der Waals surface area (Å²) < 4.78 is 32.9. The number of fused-ring (bicyclic) bond motifs is 1. The average Bonchev–Trinajstić information content (AvgIpc) is 2.68. The van der Waals surface area contributed by atoms with E-state index in [4.69, 9.17) is 10.5 Å². The number of benzene rings is 1. The van der Waals surface area contributed by atoms with Crippen LogP contribution in [-0.2, 0) is 14.8 Å². The molecule has 1 aromatic rings. The molecule has 0 saturated carbocycles. The molecule has 0 spiro atoms. The van der Waals surface area contributed by atoms with Gasteiger partial charge in [0.15, 0.2) is 0 Å². The molecule has 1 aliphatic heterocycles. The highest BCUT2D eigenvalue weighted by molar-refractivity contribution is 7.90. The van der Waals surface area contributed by atoms with Gasteiger partial charge < -0.3 is 10.5 Å². The van der Waals surface area contributed by atoms with Gasteiger partial charge in [-0.2, -0.15) is 8.42 Å². The molecule has 0 aromatic heterocycles. The van der Waals surface area contributed by atoms with E-state index in [9.17, 15) is 8.42 Å². The van der Waals surface area contributed by atoms with Crippen LogP contribution in [0.5, 0.6) is 0 Å². The van der Waals surface area contributed by atoms with Gasteiger partial charge in [-0.3, -0.25) is 0 Å². The van der Waals surface area contributed by atoms with Crippen LogP contribution in [0.4, 0.5) is 0 Å². The minimum Gasteiger partial charge on any atom is -0.475 e. The van der Waals surface area contributed by atoms with Crippen molar-refractivity contribution < 1.29 is 13.2 Å². The first-order valence-corrected chi connectivity index (χ1v) is 7.72. The molecule has 1 heterocycles. The van der Waals surface area contributed by atoms with Gasteiger partial charge in [-0.1, -0.05) is 26.0 Å². The third-order valence-electron chi connectivity index (χ3n) is 3.50. The van der Waals surface area contributed by atoms with Gasteiger partial charge in [0.2, 0.25) is 5.90 Å². The van der Waals surface area contributed by atoms with E-state index >= 15 is 0 Å². The molecule has 2 rings (SSSR count). The summed E-state index contributed by atoms with van der Waals surface area (Å²) in [4.78, 5) is 0.195. The Morgan fingerprint density at radius 2 is 1.89 bits per heavy atom. The smallest absolute Gasteiger partial charge is 0.286 e. The molecular formula is C13H18N2O3S. The summed E-state index contributed by atoms with van der Waals surface area (Å²) in [6.45, 7) is 4.21. The van der Waals surface area contributed by atoms with Crippen molar-refractivity contribution >= 4 is 15.9 Å². The summed E-state index contributed by atoms with van der Waals surface area (Å²) in [5.41, 5.74) is 6.19. The number of rotatable bonds is 4. The molecule has 1 aromatic carbocycles. The van der Waals surface area contributed by atoms with Gasteiger partial charge in [0, 0.05) is 5.54 Å². The first-order chi connectivity index (χ1) is 8.92. The van der Waals surface area contributed by atoms with Crippen molar-refractivity contribution in [2.75, 3.05) is 6.61 Å². The summed E-state index contributed by atoms with van der Waals surface area (Å²) in [6, 6.07) is 6.64. The monoisotopic (exact) mass is 282 g/mol. The van der Waals surface area contributed by atoms with Gasteiger partial charge >= 0.3 is 0 Å². The molecule has 6 heteroatoms. The van der Waals surface area contributed by atoms with Gasteiger partial charge in [0.1, 0.15) is 11.5 Å². The van der Waals surface area contributed by atoms with Crippen LogP contribution in [-0.4, -0.2) is 26.5 Å². The molecule has 2 N–H and O–H groups in total. The topological polar surface area (TPSA) is 81.8 Å². The summed E-state index contributed by atoms with van der Waals surface area (Å²) >= 11 is 0. The molecule has 5 nitrogen and oxygen atoms in total. The van der Waals surface area contributed by atoms with Crippen molar-refractivity contribution in [1.29, 1.82) is 0 Å². The molecule has 0 radical (unpaired) electrons. The van der Waals surface area contributed by atoms with Gasteiger partial charge in [-0.05, 0) is 25.0 Å². The molecule has 0 saturated heterocycles. The Balaban J connectivity index is 2.24. The number of hydrogen-bond acceptors (Lipinski definition) is 4. The van der Waals surface area contributed by atoms with Crippen LogP contribution in [0.2, 0.25) is 0 Å². The van der Waals surface area contributed by atoms with Crippen molar-refractivity contribution in [3.05, 3.63) is 29.8 Å². The molecule has 19 heavy (non-hydrogen) atoms. The van der Waals surface area contributed by atoms with E-state index in [0.29, 0.717) is 5.56 Å².